The molecule has 1 aromatic rings. The van der Waals surface area contributed by atoms with Crippen molar-refractivity contribution in [1.82, 2.24) is 4.98 Å². The molecule has 0 fully saturated rings. The molecule has 0 saturated carbocycles. The normalized spacial score (nSPS) is 13.4. The fourth-order valence-corrected chi connectivity index (χ4v) is 2.34. The third-order valence-electron chi connectivity index (χ3n) is 2.33. The minimum absolute atomic E-state index is 0.0760. The monoisotopic (exact) mass is 298 g/mol. The second-order valence-electron chi connectivity index (χ2n) is 3.77. The third-order valence-corrected chi connectivity index (χ3v) is 3.26. The first-order valence-electron chi connectivity index (χ1n) is 5.37. The molecule has 2 nitrogen and oxygen atoms in total. The highest BCUT2D eigenvalue weighted by molar-refractivity contribution is 7.98. The van der Waals surface area contributed by atoms with Gasteiger partial charge in [0.25, 0.3) is 0 Å². The SMILES string of the molecule is CCC(CSC)Nc1cc(C(F)(F)F)cc(Cl)n1. The number of hydrogen-bond donors (Lipinski definition) is 1. The molecule has 102 valence electrons. The molecule has 0 radical (unpaired) electrons. The number of alkyl halides is 3. The maximum Gasteiger partial charge on any atom is 0.416 e. The third kappa shape index (κ3) is 4.57. The van der Waals surface area contributed by atoms with Gasteiger partial charge < -0.3 is 5.32 Å². The van der Waals surface area contributed by atoms with E-state index in [-0.39, 0.29) is 17.0 Å². The Balaban J connectivity index is 2.92. The Morgan fingerprint density at radius 2 is 2.11 bits per heavy atom. The van der Waals surface area contributed by atoms with Gasteiger partial charge in [-0.3, -0.25) is 0 Å². The van der Waals surface area contributed by atoms with Crippen molar-refractivity contribution in [1.29, 1.82) is 0 Å². The predicted octanol–water partition coefficient (Wildman–Crippen LogP) is 4.31. The second-order valence-corrected chi connectivity index (χ2v) is 5.06. The van der Waals surface area contributed by atoms with E-state index < -0.39 is 11.7 Å². The van der Waals surface area contributed by atoms with Gasteiger partial charge >= 0.3 is 6.18 Å². The molecular formula is C11H14ClF3N2S. The molecule has 1 rings (SSSR count). The van der Waals surface area contributed by atoms with Crippen LogP contribution in [0, 0.1) is 0 Å². The fourth-order valence-electron chi connectivity index (χ4n) is 1.41. The van der Waals surface area contributed by atoms with Crippen molar-refractivity contribution in [2.75, 3.05) is 17.3 Å². The molecule has 0 spiro atoms. The number of aromatic nitrogens is 1. The van der Waals surface area contributed by atoms with Gasteiger partial charge in [0, 0.05) is 11.8 Å². The van der Waals surface area contributed by atoms with Gasteiger partial charge in [0.1, 0.15) is 11.0 Å². The zero-order valence-corrected chi connectivity index (χ0v) is 11.6. The fraction of sp³-hybridized carbons (Fsp3) is 0.545. The summed E-state index contributed by atoms with van der Waals surface area (Å²) in [6.07, 6.45) is -1.67. The van der Waals surface area contributed by atoms with E-state index in [9.17, 15) is 13.2 Å². The summed E-state index contributed by atoms with van der Waals surface area (Å²) >= 11 is 7.23. The Morgan fingerprint density at radius 3 is 2.61 bits per heavy atom. The van der Waals surface area contributed by atoms with E-state index in [1.54, 1.807) is 11.8 Å². The van der Waals surface area contributed by atoms with Crippen LogP contribution in [0.25, 0.3) is 0 Å². The molecule has 1 unspecified atom stereocenters. The number of thioether (sulfide) groups is 1. The van der Waals surface area contributed by atoms with Crippen molar-refractivity contribution in [2.24, 2.45) is 0 Å². The first kappa shape index (κ1) is 15.4. The maximum atomic E-state index is 12.6. The van der Waals surface area contributed by atoms with Crippen molar-refractivity contribution in [3.63, 3.8) is 0 Å². The van der Waals surface area contributed by atoms with Gasteiger partial charge in [0.15, 0.2) is 0 Å². The van der Waals surface area contributed by atoms with E-state index in [4.69, 9.17) is 11.6 Å². The summed E-state index contributed by atoms with van der Waals surface area (Å²) in [4.78, 5) is 3.86. The summed E-state index contributed by atoms with van der Waals surface area (Å²) in [5.41, 5.74) is -0.788. The van der Waals surface area contributed by atoms with E-state index >= 15 is 0 Å². The van der Waals surface area contributed by atoms with Crippen molar-refractivity contribution in [3.05, 3.63) is 22.8 Å². The molecule has 1 aromatic heterocycles. The zero-order chi connectivity index (χ0) is 13.8. The van der Waals surface area contributed by atoms with E-state index in [1.807, 2.05) is 13.2 Å². The highest BCUT2D eigenvalue weighted by Crippen LogP contribution is 2.32. The first-order valence-corrected chi connectivity index (χ1v) is 7.14. The molecule has 0 saturated heterocycles. The average Bonchev–Trinajstić information content (AvgIpc) is 2.26. The smallest absolute Gasteiger partial charge is 0.366 e. The molecule has 0 amide bonds. The summed E-state index contributed by atoms with van der Waals surface area (Å²) in [5.74, 6) is 0.960. The highest BCUT2D eigenvalue weighted by atomic mass is 35.5. The lowest BCUT2D eigenvalue weighted by Gasteiger charge is -2.17. The Hall–Kier alpha value is -0.620. The van der Waals surface area contributed by atoms with Crippen molar-refractivity contribution < 1.29 is 13.2 Å². The number of anilines is 1. The van der Waals surface area contributed by atoms with Crippen molar-refractivity contribution in [3.8, 4) is 0 Å². The molecule has 1 N–H and O–H groups in total. The Morgan fingerprint density at radius 1 is 1.44 bits per heavy atom. The van der Waals surface area contributed by atoms with Crippen LogP contribution in [-0.4, -0.2) is 23.0 Å². The lowest BCUT2D eigenvalue weighted by molar-refractivity contribution is -0.137. The van der Waals surface area contributed by atoms with Gasteiger partial charge in [0.05, 0.1) is 5.56 Å². The van der Waals surface area contributed by atoms with E-state index in [1.165, 1.54) is 0 Å². The van der Waals surface area contributed by atoms with Crippen LogP contribution >= 0.6 is 23.4 Å². The lowest BCUT2D eigenvalue weighted by atomic mass is 10.2. The lowest BCUT2D eigenvalue weighted by Crippen LogP contribution is -2.22. The number of hydrogen-bond acceptors (Lipinski definition) is 3. The first-order chi connectivity index (χ1) is 8.36. The maximum absolute atomic E-state index is 12.6. The summed E-state index contributed by atoms with van der Waals surface area (Å²) in [7, 11) is 0. The molecule has 0 aliphatic heterocycles. The van der Waals surface area contributed by atoms with Gasteiger partial charge in [0.2, 0.25) is 0 Å². The molecule has 1 heterocycles. The van der Waals surface area contributed by atoms with Crippen LogP contribution in [0.3, 0.4) is 0 Å². The quantitative estimate of drug-likeness (QED) is 0.820. The molecule has 1 atom stereocenters. The topological polar surface area (TPSA) is 24.9 Å². The van der Waals surface area contributed by atoms with E-state index in [2.05, 4.69) is 10.3 Å². The number of nitrogens with zero attached hydrogens (tertiary/aromatic N) is 1. The summed E-state index contributed by atoms with van der Waals surface area (Å²) in [6.45, 7) is 1.96. The summed E-state index contributed by atoms with van der Waals surface area (Å²) in [6, 6.07) is 1.88. The van der Waals surface area contributed by atoms with Crippen LogP contribution < -0.4 is 5.32 Å². The molecule has 0 bridgehead atoms. The molecular weight excluding hydrogens is 285 g/mol. The minimum Gasteiger partial charge on any atom is -0.366 e. The predicted molar refractivity (Wildman–Crippen MR) is 70.3 cm³/mol. The van der Waals surface area contributed by atoms with Crippen LogP contribution in [0.5, 0.6) is 0 Å². The Bertz CT molecular complexity index is 398. The van der Waals surface area contributed by atoms with Crippen LogP contribution in [0.4, 0.5) is 19.0 Å². The second kappa shape index (κ2) is 6.52. The summed E-state index contributed by atoms with van der Waals surface area (Å²) in [5, 5.41) is 2.81. The molecule has 18 heavy (non-hydrogen) atoms. The van der Waals surface area contributed by atoms with Gasteiger partial charge in [-0.15, -0.1) is 0 Å². The van der Waals surface area contributed by atoms with Crippen LogP contribution in [-0.2, 0) is 6.18 Å². The zero-order valence-electron chi connectivity index (χ0n) is 10.0. The van der Waals surface area contributed by atoms with E-state index in [0.29, 0.717) is 0 Å². The molecule has 0 aliphatic carbocycles. The number of pyridine rings is 1. The molecule has 0 aliphatic rings. The van der Waals surface area contributed by atoms with Crippen molar-refractivity contribution >= 4 is 29.2 Å². The van der Waals surface area contributed by atoms with Crippen LogP contribution in [0.15, 0.2) is 12.1 Å². The Kier molecular flexibility index (Phi) is 5.59. The number of halogens is 4. The molecule has 7 heteroatoms. The Labute approximate surface area is 113 Å². The van der Waals surface area contributed by atoms with Gasteiger partial charge in [-0.2, -0.15) is 24.9 Å². The van der Waals surface area contributed by atoms with Crippen molar-refractivity contribution in [2.45, 2.75) is 25.6 Å². The van der Waals surface area contributed by atoms with Crippen LogP contribution in [0.1, 0.15) is 18.9 Å². The summed E-state index contributed by atoms with van der Waals surface area (Å²) < 4.78 is 37.8. The number of rotatable bonds is 5. The van der Waals surface area contributed by atoms with Gasteiger partial charge in [-0.1, -0.05) is 18.5 Å². The number of nitrogens with one attached hydrogen (secondary N) is 1. The minimum atomic E-state index is -4.41. The van der Waals surface area contributed by atoms with Crippen LogP contribution in [0.2, 0.25) is 5.15 Å². The molecule has 0 aromatic carbocycles. The highest BCUT2D eigenvalue weighted by Gasteiger charge is 2.31. The van der Waals surface area contributed by atoms with Gasteiger partial charge in [-0.05, 0) is 24.8 Å². The largest absolute Gasteiger partial charge is 0.416 e. The van der Waals surface area contributed by atoms with Gasteiger partial charge in [-0.25, -0.2) is 4.98 Å². The average molecular weight is 299 g/mol. The van der Waals surface area contributed by atoms with E-state index in [0.717, 1.165) is 24.3 Å². The standard InChI is InChI=1S/C11H14ClF3N2S/c1-3-8(6-18-2)16-10-5-7(11(13,14)15)4-9(12)17-10/h4-5,8H,3,6H2,1-2H3,(H,16,17).